The van der Waals surface area contributed by atoms with Crippen molar-refractivity contribution in [3.05, 3.63) is 35.9 Å². The summed E-state index contributed by atoms with van der Waals surface area (Å²) in [6.45, 7) is 0.764. The van der Waals surface area contributed by atoms with E-state index in [0.717, 1.165) is 48.0 Å². The van der Waals surface area contributed by atoms with Crippen LogP contribution in [0.25, 0.3) is 10.9 Å². The Kier molecular flexibility index (Phi) is 5.00. The predicted octanol–water partition coefficient (Wildman–Crippen LogP) is 4.07. The van der Waals surface area contributed by atoms with Crippen molar-refractivity contribution < 1.29 is 13.2 Å². The molecule has 2 aromatic rings. The van der Waals surface area contributed by atoms with E-state index in [-0.39, 0.29) is 24.4 Å². The van der Waals surface area contributed by atoms with Crippen LogP contribution in [0.4, 0.5) is 19.0 Å². The summed E-state index contributed by atoms with van der Waals surface area (Å²) in [7, 11) is 0. The summed E-state index contributed by atoms with van der Waals surface area (Å²) < 4.78 is 38.6. The number of nitrogens with zero attached hydrogens (tertiary/aromatic N) is 2. The van der Waals surface area contributed by atoms with Gasteiger partial charge in [-0.3, -0.25) is 0 Å². The molecule has 0 bridgehead atoms. The first-order valence-electron chi connectivity index (χ1n) is 10.0. The highest BCUT2D eigenvalue weighted by Crippen LogP contribution is 2.37. The molecule has 28 heavy (non-hydrogen) atoms. The smallest absolute Gasteiger partial charge is 0.357 e. The van der Waals surface area contributed by atoms with Crippen molar-refractivity contribution in [3.8, 4) is 0 Å². The Labute approximate surface area is 163 Å². The lowest BCUT2D eigenvalue weighted by Crippen LogP contribution is -2.43. The molecule has 152 valence electrons. The van der Waals surface area contributed by atoms with Crippen molar-refractivity contribution in [2.45, 2.75) is 56.3 Å². The van der Waals surface area contributed by atoms with Gasteiger partial charge in [-0.2, -0.15) is 13.2 Å². The van der Waals surface area contributed by atoms with Gasteiger partial charge in [-0.25, -0.2) is 4.98 Å². The van der Waals surface area contributed by atoms with Gasteiger partial charge in [0.15, 0.2) is 0 Å². The van der Waals surface area contributed by atoms with Crippen molar-refractivity contribution in [3.63, 3.8) is 0 Å². The molecule has 0 atom stereocenters. The molecule has 7 heteroatoms. The maximum absolute atomic E-state index is 12.9. The lowest BCUT2D eigenvalue weighted by atomic mass is 9.75. The van der Waals surface area contributed by atoms with Crippen LogP contribution in [0.15, 0.2) is 30.3 Å². The van der Waals surface area contributed by atoms with Gasteiger partial charge >= 0.3 is 6.18 Å². The molecule has 2 fully saturated rings. The van der Waals surface area contributed by atoms with E-state index in [4.69, 9.17) is 16.5 Å². The second-order valence-electron chi connectivity index (χ2n) is 8.37. The van der Waals surface area contributed by atoms with E-state index < -0.39 is 12.1 Å². The minimum absolute atomic E-state index is 0.125. The molecule has 1 aromatic heterocycles. The Hall–Kier alpha value is -1.86. The van der Waals surface area contributed by atoms with Crippen LogP contribution in [0.2, 0.25) is 0 Å². The Morgan fingerprint density at radius 1 is 1.00 bits per heavy atom. The van der Waals surface area contributed by atoms with Crippen LogP contribution in [0.5, 0.6) is 0 Å². The third-order valence-electron chi connectivity index (χ3n) is 6.45. The Bertz CT molecular complexity index is 835. The first-order valence-corrected chi connectivity index (χ1v) is 10.0. The predicted molar refractivity (Wildman–Crippen MR) is 105 cm³/mol. The summed E-state index contributed by atoms with van der Waals surface area (Å²) in [6.07, 6.45) is -0.238. The van der Waals surface area contributed by atoms with Gasteiger partial charge in [0.2, 0.25) is 0 Å². The molecule has 0 radical (unpaired) electrons. The molecule has 0 amide bonds. The number of benzene rings is 1. The van der Waals surface area contributed by atoms with Crippen LogP contribution >= 0.6 is 0 Å². The minimum atomic E-state index is -4.10. The number of hydrogen-bond donors (Lipinski definition) is 2. The molecule has 0 unspecified atom stereocenters. The molecule has 4 nitrogen and oxygen atoms in total. The van der Waals surface area contributed by atoms with Gasteiger partial charge in [0.25, 0.3) is 0 Å². The summed E-state index contributed by atoms with van der Waals surface area (Å²) in [4.78, 5) is 6.64. The van der Waals surface area contributed by atoms with Crippen LogP contribution in [-0.2, 0) is 5.54 Å². The van der Waals surface area contributed by atoms with Crippen LogP contribution < -0.4 is 16.4 Å². The molecule has 1 aromatic carbocycles. The van der Waals surface area contributed by atoms with Gasteiger partial charge in [-0.1, -0.05) is 6.07 Å². The number of halogens is 3. The van der Waals surface area contributed by atoms with Gasteiger partial charge in [0.05, 0.1) is 11.4 Å². The lowest BCUT2D eigenvalue weighted by molar-refractivity contribution is -0.179. The third-order valence-corrected chi connectivity index (χ3v) is 6.45. The molecule has 0 spiro atoms. The summed E-state index contributed by atoms with van der Waals surface area (Å²) in [5, 5.41) is 1.01. The molecule has 2 aliphatic rings. The highest BCUT2D eigenvalue weighted by atomic mass is 19.4. The zero-order valence-corrected chi connectivity index (χ0v) is 15.9. The quantitative estimate of drug-likeness (QED) is 0.809. The fourth-order valence-corrected chi connectivity index (χ4v) is 4.48. The van der Waals surface area contributed by atoms with Crippen LogP contribution in [0, 0.1) is 5.92 Å². The highest BCUT2D eigenvalue weighted by Gasteiger charge is 2.41. The van der Waals surface area contributed by atoms with Crippen molar-refractivity contribution in [2.24, 2.45) is 17.4 Å². The van der Waals surface area contributed by atoms with E-state index in [1.807, 2.05) is 29.2 Å². The molecule has 1 saturated heterocycles. The lowest BCUT2D eigenvalue weighted by Gasteiger charge is -2.36. The SMILES string of the molecule is NC1CCC(N)(c2ccc3nc(N4CCC(C(F)(F)F)CC4)ccc3c2)CC1. The van der Waals surface area contributed by atoms with E-state index in [9.17, 15) is 13.2 Å². The second-order valence-corrected chi connectivity index (χ2v) is 8.37. The van der Waals surface area contributed by atoms with E-state index in [1.165, 1.54) is 0 Å². The van der Waals surface area contributed by atoms with Crippen LogP contribution in [0.1, 0.15) is 44.1 Å². The molecule has 4 rings (SSSR count). The van der Waals surface area contributed by atoms with Gasteiger partial charge in [0, 0.05) is 30.1 Å². The summed E-state index contributed by atoms with van der Waals surface area (Å²) in [5.41, 5.74) is 14.3. The summed E-state index contributed by atoms with van der Waals surface area (Å²) >= 11 is 0. The number of hydrogen-bond acceptors (Lipinski definition) is 4. The normalized spacial score (nSPS) is 27.3. The summed E-state index contributed by atoms with van der Waals surface area (Å²) in [6, 6.07) is 10.2. The Morgan fingerprint density at radius 2 is 1.68 bits per heavy atom. The minimum Gasteiger partial charge on any atom is -0.357 e. The molecule has 4 N–H and O–H groups in total. The number of anilines is 1. The van der Waals surface area contributed by atoms with Crippen LogP contribution in [-0.4, -0.2) is 30.3 Å². The van der Waals surface area contributed by atoms with Crippen molar-refractivity contribution >= 4 is 16.7 Å². The fraction of sp³-hybridized carbons (Fsp3) is 0.571. The van der Waals surface area contributed by atoms with E-state index in [1.54, 1.807) is 0 Å². The zero-order valence-electron chi connectivity index (χ0n) is 15.9. The number of nitrogens with two attached hydrogens (primary N) is 2. The molecule has 2 heterocycles. The van der Waals surface area contributed by atoms with E-state index >= 15 is 0 Å². The standard InChI is InChI=1S/C21H27F3N4/c22-21(23,24)15-7-11-28(12-8-15)19-4-1-14-13-16(2-3-18(14)27-19)20(26)9-5-17(25)6-10-20/h1-4,13,15,17H,5-12,25-26H2. The number of alkyl halides is 3. The fourth-order valence-electron chi connectivity index (χ4n) is 4.48. The first-order chi connectivity index (χ1) is 13.2. The zero-order chi connectivity index (χ0) is 19.9. The van der Waals surface area contributed by atoms with Crippen molar-refractivity contribution in [1.82, 2.24) is 4.98 Å². The topological polar surface area (TPSA) is 68.2 Å². The van der Waals surface area contributed by atoms with Crippen LogP contribution in [0.3, 0.4) is 0 Å². The maximum atomic E-state index is 12.9. The molecule has 1 aliphatic heterocycles. The molecule has 1 saturated carbocycles. The van der Waals surface area contributed by atoms with E-state index in [2.05, 4.69) is 6.07 Å². The second kappa shape index (κ2) is 7.19. The van der Waals surface area contributed by atoms with Gasteiger partial charge in [0.1, 0.15) is 5.82 Å². The number of rotatable bonds is 2. The molecule has 1 aliphatic carbocycles. The van der Waals surface area contributed by atoms with Crippen molar-refractivity contribution in [2.75, 3.05) is 18.0 Å². The first kappa shape index (κ1) is 19.5. The average molecular weight is 392 g/mol. The van der Waals surface area contributed by atoms with Gasteiger partial charge < -0.3 is 16.4 Å². The van der Waals surface area contributed by atoms with Gasteiger partial charge in [-0.05, 0) is 68.4 Å². The molecular formula is C21H27F3N4. The Balaban J connectivity index is 1.51. The monoisotopic (exact) mass is 392 g/mol. The van der Waals surface area contributed by atoms with Crippen molar-refractivity contribution in [1.29, 1.82) is 0 Å². The molecular weight excluding hydrogens is 365 g/mol. The summed E-state index contributed by atoms with van der Waals surface area (Å²) in [5.74, 6) is -0.455. The third kappa shape index (κ3) is 3.82. The number of aromatic nitrogens is 1. The number of pyridine rings is 1. The maximum Gasteiger partial charge on any atom is 0.391 e. The van der Waals surface area contributed by atoms with Gasteiger partial charge in [-0.15, -0.1) is 0 Å². The largest absolute Gasteiger partial charge is 0.391 e. The van der Waals surface area contributed by atoms with E-state index in [0.29, 0.717) is 13.1 Å². The average Bonchev–Trinajstić information content (AvgIpc) is 2.69. The number of piperidine rings is 1. The Morgan fingerprint density at radius 3 is 2.32 bits per heavy atom. The number of fused-ring (bicyclic) bond motifs is 1. The highest BCUT2D eigenvalue weighted by molar-refractivity contribution is 5.81.